The molecule has 0 amide bonds. The second-order valence-electron chi connectivity index (χ2n) is 4.85. The van der Waals surface area contributed by atoms with Gasteiger partial charge in [0.2, 0.25) is 0 Å². The molecule has 0 spiro atoms. The van der Waals surface area contributed by atoms with Crippen LogP contribution in [0.3, 0.4) is 0 Å². The molecule has 0 radical (unpaired) electrons. The molecule has 0 fully saturated rings. The molecule has 2 rings (SSSR count). The van der Waals surface area contributed by atoms with E-state index in [9.17, 15) is 0 Å². The maximum absolute atomic E-state index is 6.23. The summed E-state index contributed by atoms with van der Waals surface area (Å²) >= 11 is 12.3. The highest BCUT2D eigenvalue weighted by atomic mass is 35.5. The van der Waals surface area contributed by atoms with Crippen LogP contribution in [0.5, 0.6) is 0 Å². The first-order valence-corrected chi connectivity index (χ1v) is 7.01. The van der Waals surface area contributed by atoms with Crippen molar-refractivity contribution in [3.8, 4) is 0 Å². The van der Waals surface area contributed by atoms with Crippen LogP contribution in [0.4, 0.5) is 5.69 Å². The van der Waals surface area contributed by atoms with Crippen LogP contribution >= 0.6 is 23.2 Å². The standard InChI is InChI=1S/C16H17Cl2N/c1-10-4-5-11(2)16(8-10)19-12(3)14-9-13(17)6-7-15(14)18/h4-9,12,19H,1-3H3. The predicted molar refractivity (Wildman–Crippen MR) is 84.4 cm³/mol. The van der Waals surface area contributed by atoms with Crippen molar-refractivity contribution in [1.29, 1.82) is 0 Å². The van der Waals surface area contributed by atoms with Gasteiger partial charge in [0.1, 0.15) is 0 Å². The molecule has 0 aromatic heterocycles. The van der Waals surface area contributed by atoms with Crippen LogP contribution in [-0.2, 0) is 0 Å². The van der Waals surface area contributed by atoms with E-state index >= 15 is 0 Å². The molecule has 0 saturated heterocycles. The lowest BCUT2D eigenvalue weighted by Gasteiger charge is -2.19. The molecule has 2 aromatic rings. The summed E-state index contributed by atoms with van der Waals surface area (Å²) in [6.45, 7) is 6.26. The highest BCUT2D eigenvalue weighted by Gasteiger charge is 2.11. The summed E-state index contributed by atoms with van der Waals surface area (Å²) < 4.78 is 0. The van der Waals surface area contributed by atoms with E-state index in [1.807, 2.05) is 12.1 Å². The number of benzene rings is 2. The van der Waals surface area contributed by atoms with Crippen LogP contribution in [-0.4, -0.2) is 0 Å². The number of nitrogens with one attached hydrogen (secondary N) is 1. The number of anilines is 1. The van der Waals surface area contributed by atoms with Gasteiger partial charge in [0.15, 0.2) is 0 Å². The van der Waals surface area contributed by atoms with Gasteiger partial charge in [0, 0.05) is 15.7 Å². The summed E-state index contributed by atoms with van der Waals surface area (Å²) in [6.07, 6.45) is 0. The first-order chi connectivity index (χ1) is 8.97. The van der Waals surface area contributed by atoms with Crippen LogP contribution in [0.15, 0.2) is 36.4 Å². The minimum atomic E-state index is 0.103. The first-order valence-electron chi connectivity index (χ1n) is 6.26. The van der Waals surface area contributed by atoms with Gasteiger partial charge < -0.3 is 5.32 Å². The normalized spacial score (nSPS) is 12.3. The Morgan fingerprint density at radius 3 is 2.47 bits per heavy atom. The number of aryl methyl sites for hydroxylation is 2. The molecule has 3 heteroatoms. The van der Waals surface area contributed by atoms with Crippen LogP contribution in [0.1, 0.15) is 29.7 Å². The van der Waals surface area contributed by atoms with Crippen LogP contribution in [0.25, 0.3) is 0 Å². The third-order valence-corrected chi connectivity index (χ3v) is 3.77. The molecule has 1 atom stereocenters. The fourth-order valence-electron chi connectivity index (χ4n) is 2.05. The zero-order valence-corrected chi connectivity index (χ0v) is 12.8. The molecule has 0 aliphatic heterocycles. The Labute approximate surface area is 124 Å². The lowest BCUT2D eigenvalue weighted by Crippen LogP contribution is -2.08. The van der Waals surface area contributed by atoms with Gasteiger partial charge in [-0.1, -0.05) is 35.3 Å². The molecule has 0 aliphatic carbocycles. The molecule has 0 heterocycles. The maximum atomic E-state index is 6.23. The van der Waals surface area contributed by atoms with Gasteiger partial charge in [0.05, 0.1) is 6.04 Å². The van der Waals surface area contributed by atoms with Crippen LogP contribution < -0.4 is 5.32 Å². The van der Waals surface area contributed by atoms with Crippen molar-refractivity contribution in [2.75, 3.05) is 5.32 Å². The molecule has 1 unspecified atom stereocenters. The fraction of sp³-hybridized carbons (Fsp3) is 0.250. The highest BCUT2D eigenvalue weighted by molar-refractivity contribution is 6.33. The summed E-state index contributed by atoms with van der Waals surface area (Å²) in [5, 5.41) is 4.93. The van der Waals surface area contributed by atoms with E-state index in [0.717, 1.165) is 16.3 Å². The van der Waals surface area contributed by atoms with E-state index in [2.05, 4.69) is 44.3 Å². The summed E-state index contributed by atoms with van der Waals surface area (Å²) in [5.74, 6) is 0. The monoisotopic (exact) mass is 293 g/mol. The van der Waals surface area contributed by atoms with Crippen molar-refractivity contribution in [1.82, 2.24) is 0 Å². The van der Waals surface area contributed by atoms with E-state index in [1.54, 1.807) is 6.07 Å². The molecule has 1 N–H and O–H groups in total. The smallest absolute Gasteiger partial charge is 0.0501 e. The fourth-order valence-corrected chi connectivity index (χ4v) is 2.51. The van der Waals surface area contributed by atoms with Crippen molar-refractivity contribution in [2.45, 2.75) is 26.8 Å². The van der Waals surface area contributed by atoms with Gasteiger partial charge in [0.25, 0.3) is 0 Å². The Bertz CT molecular complexity index is 593. The van der Waals surface area contributed by atoms with E-state index in [1.165, 1.54) is 11.1 Å². The molecular weight excluding hydrogens is 277 g/mol. The molecule has 2 aromatic carbocycles. The summed E-state index contributed by atoms with van der Waals surface area (Å²) in [5.41, 5.74) is 4.59. The molecule has 0 aliphatic rings. The van der Waals surface area contributed by atoms with Crippen molar-refractivity contribution < 1.29 is 0 Å². The molecule has 100 valence electrons. The Hall–Kier alpha value is -1.18. The number of hydrogen-bond acceptors (Lipinski definition) is 1. The quantitative estimate of drug-likeness (QED) is 0.756. The zero-order valence-electron chi connectivity index (χ0n) is 11.3. The Morgan fingerprint density at radius 1 is 1.00 bits per heavy atom. The maximum Gasteiger partial charge on any atom is 0.0501 e. The summed E-state index contributed by atoms with van der Waals surface area (Å²) in [7, 11) is 0. The minimum absolute atomic E-state index is 0.103. The zero-order chi connectivity index (χ0) is 14.0. The van der Waals surface area contributed by atoms with Gasteiger partial charge in [-0.2, -0.15) is 0 Å². The molecule has 0 bridgehead atoms. The van der Waals surface area contributed by atoms with Gasteiger partial charge in [-0.25, -0.2) is 0 Å². The Balaban J connectivity index is 2.27. The highest BCUT2D eigenvalue weighted by Crippen LogP contribution is 2.29. The van der Waals surface area contributed by atoms with Gasteiger partial charge in [-0.15, -0.1) is 0 Å². The third-order valence-electron chi connectivity index (χ3n) is 3.19. The molecular formula is C16H17Cl2N. The summed E-state index contributed by atoms with van der Waals surface area (Å²) in [4.78, 5) is 0. The molecule has 1 nitrogen and oxygen atoms in total. The first kappa shape index (κ1) is 14.2. The Kier molecular flexibility index (Phi) is 4.38. The number of rotatable bonds is 3. The second-order valence-corrected chi connectivity index (χ2v) is 5.69. The lowest BCUT2D eigenvalue weighted by molar-refractivity contribution is 0.882. The van der Waals surface area contributed by atoms with E-state index in [4.69, 9.17) is 23.2 Å². The average molecular weight is 294 g/mol. The van der Waals surface area contributed by atoms with Gasteiger partial charge in [-0.05, 0) is 61.7 Å². The second kappa shape index (κ2) is 5.85. The van der Waals surface area contributed by atoms with E-state index in [0.29, 0.717) is 5.02 Å². The van der Waals surface area contributed by atoms with Crippen LogP contribution in [0.2, 0.25) is 10.0 Å². The largest absolute Gasteiger partial charge is 0.378 e. The summed E-state index contributed by atoms with van der Waals surface area (Å²) in [6, 6.07) is 12.0. The van der Waals surface area contributed by atoms with Gasteiger partial charge >= 0.3 is 0 Å². The van der Waals surface area contributed by atoms with E-state index < -0.39 is 0 Å². The lowest BCUT2D eigenvalue weighted by atomic mass is 10.1. The van der Waals surface area contributed by atoms with Crippen molar-refractivity contribution in [2.24, 2.45) is 0 Å². The number of halogens is 2. The average Bonchev–Trinajstić information content (AvgIpc) is 2.36. The molecule has 0 saturated carbocycles. The predicted octanol–water partition coefficient (Wildman–Crippen LogP) is 5.78. The minimum Gasteiger partial charge on any atom is -0.378 e. The Morgan fingerprint density at radius 2 is 1.74 bits per heavy atom. The number of hydrogen-bond donors (Lipinski definition) is 1. The van der Waals surface area contributed by atoms with Crippen LogP contribution in [0, 0.1) is 13.8 Å². The van der Waals surface area contributed by atoms with Crippen molar-refractivity contribution in [3.63, 3.8) is 0 Å². The van der Waals surface area contributed by atoms with E-state index in [-0.39, 0.29) is 6.04 Å². The SMILES string of the molecule is Cc1ccc(C)c(NC(C)c2cc(Cl)ccc2Cl)c1. The van der Waals surface area contributed by atoms with Crippen molar-refractivity contribution in [3.05, 3.63) is 63.1 Å². The topological polar surface area (TPSA) is 12.0 Å². The molecule has 19 heavy (non-hydrogen) atoms. The van der Waals surface area contributed by atoms with Gasteiger partial charge in [-0.3, -0.25) is 0 Å². The van der Waals surface area contributed by atoms with Crippen molar-refractivity contribution >= 4 is 28.9 Å². The third kappa shape index (κ3) is 3.43.